The molecule has 0 bridgehead atoms. The van der Waals surface area contributed by atoms with Crippen molar-refractivity contribution >= 4 is 12.7 Å². The molecule has 0 amide bonds. The Kier molecular flexibility index (Phi) is 5.24. The average molecular weight is 240 g/mol. The monoisotopic (exact) mass is 240 g/mol. The summed E-state index contributed by atoms with van der Waals surface area (Å²) in [4.78, 5) is 0. The third kappa shape index (κ3) is 3.47. The van der Waals surface area contributed by atoms with E-state index < -0.39 is 7.37 Å². The first-order valence-corrected chi connectivity index (χ1v) is 7.65. The molecule has 0 aromatic heterocycles. The van der Waals surface area contributed by atoms with Crippen LogP contribution < -0.4 is 5.30 Å². The summed E-state index contributed by atoms with van der Waals surface area (Å²) in [6.07, 6.45) is 3.87. The summed E-state index contributed by atoms with van der Waals surface area (Å²) >= 11 is 0. The zero-order valence-electron chi connectivity index (χ0n) is 10.4. The van der Waals surface area contributed by atoms with Crippen LogP contribution in [-0.2, 0) is 9.09 Å². The van der Waals surface area contributed by atoms with Crippen LogP contribution in [0.5, 0.6) is 0 Å². The Bertz CT molecular complexity index is 357. The van der Waals surface area contributed by atoms with Gasteiger partial charge in [-0.05, 0) is 25.5 Å². The highest BCUT2D eigenvalue weighted by molar-refractivity contribution is 7.66. The number of unbranched alkanes of at least 4 members (excludes halogenated alkanes) is 2. The van der Waals surface area contributed by atoms with Gasteiger partial charge in [0.15, 0.2) is 0 Å². The Morgan fingerprint density at radius 2 is 1.81 bits per heavy atom. The maximum atomic E-state index is 12.5. The number of aryl methyl sites for hydroxylation is 1. The maximum Gasteiger partial charge on any atom is 0.231 e. The first kappa shape index (κ1) is 13.5. The standard InChI is InChI=1S/C13H21O2P/c1-4-5-6-11-16(14,15-3)13-9-7-12(2)8-10-13/h7-10H,4-6,11H2,1-3H3. The van der Waals surface area contributed by atoms with Gasteiger partial charge >= 0.3 is 0 Å². The van der Waals surface area contributed by atoms with Gasteiger partial charge in [0.2, 0.25) is 7.37 Å². The van der Waals surface area contributed by atoms with Crippen molar-refractivity contribution in [1.29, 1.82) is 0 Å². The van der Waals surface area contributed by atoms with Gasteiger partial charge in [0.1, 0.15) is 0 Å². The lowest BCUT2D eigenvalue weighted by Gasteiger charge is -2.16. The summed E-state index contributed by atoms with van der Waals surface area (Å²) in [5, 5.41) is 0.844. The van der Waals surface area contributed by atoms with Crippen LogP contribution in [0.15, 0.2) is 24.3 Å². The largest absolute Gasteiger partial charge is 0.329 e. The van der Waals surface area contributed by atoms with Gasteiger partial charge < -0.3 is 4.52 Å². The van der Waals surface area contributed by atoms with Gasteiger partial charge in [-0.2, -0.15) is 0 Å². The minimum Gasteiger partial charge on any atom is -0.329 e. The van der Waals surface area contributed by atoms with Crippen LogP contribution in [0.25, 0.3) is 0 Å². The Balaban J connectivity index is 2.79. The fourth-order valence-electron chi connectivity index (χ4n) is 1.67. The SMILES string of the molecule is CCCCCP(=O)(OC)c1ccc(C)cc1. The van der Waals surface area contributed by atoms with Crippen molar-refractivity contribution in [3.63, 3.8) is 0 Å². The van der Waals surface area contributed by atoms with Gasteiger partial charge in [0.05, 0.1) is 0 Å². The molecule has 0 fully saturated rings. The van der Waals surface area contributed by atoms with Crippen molar-refractivity contribution in [1.82, 2.24) is 0 Å². The molecule has 90 valence electrons. The summed E-state index contributed by atoms with van der Waals surface area (Å²) in [7, 11) is -1.05. The van der Waals surface area contributed by atoms with E-state index in [9.17, 15) is 4.57 Å². The fraction of sp³-hybridized carbons (Fsp3) is 0.538. The van der Waals surface area contributed by atoms with Crippen LogP contribution in [-0.4, -0.2) is 13.3 Å². The van der Waals surface area contributed by atoms with E-state index in [-0.39, 0.29) is 0 Å². The molecule has 1 atom stereocenters. The van der Waals surface area contributed by atoms with Crippen LogP contribution >= 0.6 is 7.37 Å². The molecule has 0 saturated carbocycles. The number of benzene rings is 1. The zero-order chi connectivity index (χ0) is 12.0. The van der Waals surface area contributed by atoms with E-state index in [1.165, 1.54) is 5.56 Å². The smallest absolute Gasteiger partial charge is 0.231 e. The van der Waals surface area contributed by atoms with Gasteiger partial charge in [-0.3, -0.25) is 4.57 Å². The quantitative estimate of drug-likeness (QED) is 0.559. The lowest BCUT2D eigenvalue weighted by Crippen LogP contribution is -2.09. The van der Waals surface area contributed by atoms with E-state index in [0.29, 0.717) is 6.16 Å². The molecule has 0 N–H and O–H groups in total. The predicted octanol–water partition coefficient (Wildman–Crippen LogP) is 3.74. The molecule has 0 radical (unpaired) electrons. The molecule has 0 spiro atoms. The maximum absolute atomic E-state index is 12.5. The van der Waals surface area contributed by atoms with Crippen LogP contribution in [0.3, 0.4) is 0 Å². The molecule has 0 aliphatic carbocycles. The minimum atomic E-state index is -2.60. The third-order valence-electron chi connectivity index (χ3n) is 2.78. The van der Waals surface area contributed by atoms with Crippen LogP contribution in [0.1, 0.15) is 31.7 Å². The lowest BCUT2D eigenvalue weighted by atomic mass is 10.2. The van der Waals surface area contributed by atoms with Crippen molar-refractivity contribution in [2.75, 3.05) is 13.3 Å². The van der Waals surface area contributed by atoms with E-state index in [2.05, 4.69) is 6.92 Å². The van der Waals surface area contributed by atoms with E-state index in [1.54, 1.807) is 7.11 Å². The number of hydrogen-bond donors (Lipinski definition) is 0. The van der Waals surface area contributed by atoms with Crippen molar-refractivity contribution < 1.29 is 9.09 Å². The predicted molar refractivity (Wildman–Crippen MR) is 69.8 cm³/mol. The fourth-order valence-corrected chi connectivity index (χ4v) is 3.56. The molecule has 1 unspecified atom stereocenters. The molecule has 0 aliphatic rings. The molecule has 1 aromatic rings. The van der Waals surface area contributed by atoms with Crippen molar-refractivity contribution in [3.05, 3.63) is 29.8 Å². The zero-order valence-corrected chi connectivity index (χ0v) is 11.3. The van der Waals surface area contributed by atoms with E-state index in [0.717, 1.165) is 24.6 Å². The van der Waals surface area contributed by atoms with Gasteiger partial charge in [0.25, 0.3) is 0 Å². The Morgan fingerprint density at radius 3 is 2.31 bits per heavy atom. The molecule has 16 heavy (non-hydrogen) atoms. The second-order valence-corrected chi connectivity index (χ2v) is 6.80. The number of hydrogen-bond acceptors (Lipinski definition) is 2. The molecule has 0 saturated heterocycles. The first-order valence-electron chi connectivity index (χ1n) is 5.84. The van der Waals surface area contributed by atoms with Crippen molar-refractivity contribution in [2.24, 2.45) is 0 Å². The Morgan fingerprint density at radius 1 is 1.19 bits per heavy atom. The summed E-state index contributed by atoms with van der Waals surface area (Å²) in [5.41, 5.74) is 1.18. The molecule has 1 aromatic carbocycles. The molecule has 3 heteroatoms. The Hall–Kier alpha value is -0.590. The second-order valence-electron chi connectivity index (χ2n) is 4.12. The topological polar surface area (TPSA) is 26.3 Å². The highest BCUT2D eigenvalue weighted by atomic mass is 31.2. The molecule has 2 nitrogen and oxygen atoms in total. The van der Waals surface area contributed by atoms with Crippen LogP contribution in [0.2, 0.25) is 0 Å². The molecule has 0 heterocycles. The number of rotatable bonds is 6. The summed E-state index contributed by atoms with van der Waals surface area (Å²) in [6.45, 7) is 4.17. The highest BCUT2D eigenvalue weighted by Gasteiger charge is 2.23. The van der Waals surface area contributed by atoms with Gasteiger partial charge in [-0.25, -0.2) is 0 Å². The first-order chi connectivity index (χ1) is 7.62. The minimum absolute atomic E-state index is 0.653. The summed E-state index contributed by atoms with van der Waals surface area (Å²) < 4.78 is 17.8. The normalized spacial score (nSPS) is 14.7. The van der Waals surface area contributed by atoms with Gasteiger partial charge in [0, 0.05) is 18.6 Å². The Labute approximate surface area is 98.5 Å². The van der Waals surface area contributed by atoms with E-state index in [4.69, 9.17) is 4.52 Å². The van der Waals surface area contributed by atoms with E-state index in [1.807, 2.05) is 31.2 Å². The van der Waals surface area contributed by atoms with E-state index >= 15 is 0 Å². The van der Waals surface area contributed by atoms with Crippen LogP contribution in [0.4, 0.5) is 0 Å². The molecular weight excluding hydrogens is 219 g/mol. The summed E-state index contributed by atoms with van der Waals surface area (Å²) in [5.74, 6) is 0. The molecular formula is C13H21O2P. The second kappa shape index (κ2) is 6.22. The lowest BCUT2D eigenvalue weighted by molar-refractivity contribution is 0.401. The van der Waals surface area contributed by atoms with Gasteiger partial charge in [-0.15, -0.1) is 0 Å². The van der Waals surface area contributed by atoms with Gasteiger partial charge in [-0.1, -0.05) is 37.5 Å². The van der Waals surface area contributed by atoms with Crippen LogP contribution in [0, 0.1) is 6.92 Å². The molecule has 0 aliphatic heterocycles. The highest BCUT2D eigenvalue weighted by Crippen LogP contribution is 2.45. The third-order valence-corrected chi connectivity index (χ3v) is 5.36. The summed E-state index contributed by atoms with van der Waals surface area (Å²) in [6, 6.07) is 7.82. The molecule has 1 rings (SSSR count). The van der Waals surface area contributed by atoms with Crippen molar-refractivity contribution in [3.8, 4) is 0 Å². The van der Waals surface area contributed by atoms with Crippen molar-refractivity contribution in [2.45, 2.75) is 33.1 Å². The average Bonchev–Trinajstić information content (AvgIpc) is 2.30.